The van der Waals surface area contributed by atoms with Crippen molar-refractivity contribution >= 4 is 22.6 Å². The molecule has 2 aliphatic rings. The fraction of sp³-hybridized carbons (Fsp3) is 0.474. The van der Waals surface area contributed by atoms with Crippen molar-refractivity contribution in [3.8, 4) is 5.75 Å². The molecule has 2 aromatic rings. The van der Waals surface area contributed by atoms with Gasteiger partial charge >= 0.3 is 5.97 Å². The van der Waals surface area contributed by atoms with Crippen molar-refractivity contribution < 1.29 is 23.4 Å². The molecule has 1 aromatic heterocycles. The van der Waals surface area contributed by atoms with Crippen LogP contribution in [0.15, 0.2) is 17.1 Å². The van der Waals surface area contributed by atoms with Crippen molar-refractivity contribution in [2.45, 2.75) is 31.6 Å². The Morgan fingerprint density at radius 2 is 2.07 bits per heavy atom. The zero-order valence-electron chi connectivity index (χ0n) is 15.5. The number of hydrogen-bond acceptors (Lipinski definition) is 5. The van der Waals surface area contributed by atoms with Crippen LogP contribution in [0.5, 0.6) is 5.75 Å². The summed E-state index contributed by atoms with van der Waals surface area (Å²) in [5.41, 5.74) is 5.07. The molecular weight excluding hydrogens is 372 g/mol. The molecule has 2 heterocycles. The molecule has 9 heteroatoms. The highest BCUT2D eigenvalue weighted by Gasteiger charge is 2.41. The molecule has 1 aliphatic carbocycles. The van der Waals surface area contributed by atoms with Crippen molar-refractivity contribution in [3.05, 3.63) is 33.9 Å². The first-order valence-corrected chi connectivity index (χ1v) is 9.07. The highest BCUT2D eigenvalue weighted by molar-refractivity contribution is 5.97. The number of aromatic nitrogens is 1. The Kier molecular flexibility index (Phi) is 4.29. The van der Waals surface area contributed by atoms with Gasteiger partial charge in [-0.05, 0) is 12.0 Å². The molecular formula is C19H21F2N3O4. The number of fused-ring (bicyclic) bond motifs is 1. The summed E-state index contributed by atoms with van der Waals surface area (Å²) >= 11 is 0. The molecule has 2 fully saturated rings. The number of nitrogens with two attached hydrogens (primary N) is 1. The lowest BCUT2D eigenvalue weighted by Gasteiger charge is -2.24. The Balaban J connectivity index is 2.04. The quantitative estimate of drug-likeness (QED) is 0.824. The first kappa shape index (κ1) is 18.7. The van der Waals surface area contributed by atoms with Gasteiger partial charge in [-0.25, -0.2) is 13.6 Å². The maximum atomic E-state index is 15.1. The minimum atomic E-state index is -1.44. The number of benzene rings is 1. The third-order valence-corrected chi connectivity index (χ3v) is 5.66. The van der Waals surface area contributed by atoms with E-state index in [0.29, 0.717) is 13.1 Å². The van der Waals surface area contributed by atoms with Crippen molar-refractivity contribution in [1.82, 2.24) is 4.57 Å². The highest BCUT2D eigenvalue weighted by Crippen LogP contribution is 2.45. The molecule has 1 saturated heterocycles. The summed E-state index contributed by atoms with van der Waals surface area (Å²) in [6.07, 6.45) is 0.156. The van der Waals surface area contributed by atoms with Crippen molar-refractivity contribution in [3.63, 3.8) is 0 Å². The van der Waals surface area contributed by atoms with Gasteiger partial charge in [-0.15, -0.1) is 0 Å². The Hall–Kier alpha value is -2.68. The number of halogens is 2. The SMILES string of the molecule is COc1c(N2CC(C)C(N)C2)c(F)cc2c(=O)c(C(=O)O)cn(C3CC3F)c12. The topological polar surface area (TPSA) is 97.8 Å². The number of rotatable bonds is 4. The molecule has 4 unspecified atom stereocenters. The smallest absolute Gasteiger partial charge is 0.341 e. The second-order valence-electron chi connectivity index (χ2n) is 7.59. The predicted molar refractivity (Wildman–Crippen MR) is 99.6 cm³/mol. The van der Waals surface area contributed by atoms with Crippen molar-refractivity contribution in [1.29, 1.82) is 0 Å². The van der Waals surface area contributed by atoms with E-state index in [0.717, 1.165) is 12.3 Å². The summed E-state index contributed by atoms with van der Waals surface area (Å²) in [5.74, 6) is -1.93. The molecule has 4 rings (SSSR count). The standard InChI is InChI=1S/C19H21F2N3O4/c1-8-5-23(7-13(8)22)16-12(21)3-9-15(18(16)28-2)24(14-4-11(14)20)6-10(17(9)25)19(26)27/h3,6,8,11,13-14H,4-5,7,22H2,1-2H3,(H,26,27). The molecule has 28 heavy (non-hydrogen) atoms. The Morgan fingerprint density at radius 3 is 2.57 bits per heavy atom. The fourth-order valence-corrected chi connectivity index (χ4v) is 3.96. The summed E-state index contributed by atoms with van der Waals surface area (Å²) in [5, 5.41) is 9.20. The number of aromatic carboxylic acids is 1. The second kappa shape index (κ2) is 6.44. The zero-order chi connectivity index (χ0) is 20.3. The molecule has 0 bridgehead atoms. The summed E-state index contributed by atoms with van der Waals surface area (Å²) in [6, 6.07) is 0.256. The molecule has 3 N–H and O–H groups in total. The molecule has 1 aliphatic heterocycles. The lowest BCUT2D eigenvalue weighted by Crippen LogP contribution is -2.29. The Bertz CT molecular complexity index is 1030. The van der Waals surface area contributed by atoms with Crippen LogP contribution in [0.4, 0.5) is 14.5 Å². The molecule has 150 valence electrons. The molecule has 4 atom stereocenters. The van der Waals surface area contributed by atoms with E-state index in [2.05, 4.69) is 0 Å². The number of carbonyl (C=O) groups is 1. The van der Waals surface area contributed by atoms with Crippen LogP contribution < -0.4 is 20.8 Å². The number of ether oxygens (including phenoxy) is 1. The lowest BCUT2D eigenvalue weighted by molar-refractivity contribution is 0.0694. The number of hydrogen-bond donors (Lipinski definition) is 2. The van der Waals surface area contributed by atoms with Crippen LogP contribution in [0.1, 0.15) is 29.7 Å². The number of alkyl halides is 1. The van der Waals surface area contributed by atoms with Gasteiger partial charge in [0, 0.05) is 31.7 Å². The minimum absolute atomic E-state index is 0.0874. The monoisotopic (exact) mass is 393 g/mol. The van der Waals surface area contributed by atoms with E-state index in [1.54, 1.807) is 4.90 Å². The van der Waals surface area contributed by atoms with Crippen LogP contribution in [0, 0.1) is 11.7 Å². The van der Waals surface area contributed by atoms with E-state index in [-0.39, 0.29) is 40.7 Å². The van der Waals surface area contributed by atoms with Gasteiger partial charge in [0.05, 0.1) is 24.1 Å². The van der Waals surface area contributed by atoms with Crippen LogP contribution >= 0.6 is 0 Å². The van der Waals surface area contributed by atoms with E-state index in [4.69, 9.17) is 10.5 Å². The maximum Gasteiger partial charge on any atom is 0.341 e. The predicted octanol–water partition coefficient (Wildman–Crippen LogP) is 1.91. The molecule has 0 radical (unpaired) electrons. The normalized spacial score (nSPS) is 26.7. The maximum absolute atomic E-state index is 15.1. The number of methoxy groups -OCH3 is 1. The number of carboxylic acid groups (broad SMARTS) is 1. The molecule has 0 spiro atoms. The van der Waals surface area contributed by atoms with Crippen molar-refractivity contribution in [2.24, 2.45) is 11.7 Å². The van der Waals surface area contributed by atoms with Crippen LogP contribution in [-0.4, -0.2) is 48.1 Å². The summed E-state index contributed by atoms with van der Waals surface area (Å²) < 4.78 is 35.8. The number of pyridine rings is 1. The van der Waals surface area contributed by atoms with Crippen LogP contribution in [0.2, 0.25) is 0 Å². The van der Waals surface area contributed by atoms with Gasteiger partial charge in [0.1, 0.15) is 17.4 Å². The van der Waals surface area contributed by atoms with Gasteiger partial charge in [-0.1, -0.05) is 6.92 Å². The minimum Gasteiger partial charge on any atom is -0.492 e. The molecule has 7 nitrogen and oxygen atoms in total. The van der Waals surface area contributed by atoms with E-state index < -0.39 is 35.0 Å². The summed E-state index contributed by atoms with van der Waals surface area (Å²) in [4.78, 5) is 25.9. The van der Waals surface area contributed by atoms with E-state index in [1.165, 1.54) is 11.7 Å². The third-order valence-electron chi connectivity index (χ3n) is 5.66. The number of carboxylic acids is 1. The van der Waals surface area contributed by atoms with Gasteiger partial charge in [-0.2, -0.15) is 0 Å². The van der Waals surface area contributed by atoms with E-state index >= 15 is 4.39 Å². The van der Waals surface area contributed by atoms with Crippen LogP contribution in [0.25, 0.3) is 10.9 Å². The zero-order valence-corrected chi connectivity index (χ0v) is 15.5. The third kappa shape index (κ3) is 2.72. The van der Waals surface area contributed by atoms with Gasteiger partial charge in [0.15, 0.2) is 11.6 Å². The fourth-order valence-electron chi connectivity index (χ4n) is 3.96. The average molecular weight is 393 g/mol. The Labute approximate surface area is 159 Å². The number of nitrogens with zero attached hydrogens (tertiary/aromatic N) is 2. The van der Waals surface area contributed by atoms with Gasteiger partial charge in [0.2, 0.25) is 5.43 Å². The lowest BCUT2D eigenvalue weighted by atomic mass is 10.1. The number of anilines is 1. The second-order valence-corrected chi connectivity index (χ2v) is 7.59. The van der Waals surface area contributed by atoms with Crippen molar-refractivity contribution in [2.75, 3.05) is 25.1 Å². The molecule has 0 amide bonds. The van der Waals surface area contributed by atoms with E-state index in [9.17, 15) is 19.1 Å². The Morgan fingerprint density at radius 1 is 1.39 bits per heavy atom. The van der Waals surface area contributed by atoms with Gasteiger partial charge in [0.25, 0.3) is 0 Å². The van der Waals surface area contributed by atoms with Gasteiger partial charge < -0.3 is 25.0 Å². The van der Waals surface area contributed by atoms with Crippen LogP contribution in [0.3, 0.4) is 0 Å². The van der Waals surface area contributed by atoms with Gasteiger partial charge in [-0.3, -0.25) is 4.79 Å². The highest BCUT2D eigenvalue weighted by atomic mass is 19.1. The summed E-state index contributed by atoms with van der Waals surface area (Å²) in [6.45, 7) is 2.88. The average Bonchev–Trinajstić information content (AvgIpc) is 3.27. The molecule has 1 saturated carbocycles. The summed E-state index contributed by atoms with van der Waals surface area (Å²) in [7, 11) is 1.34. The largest absolute Gasteiger partial charge is 0.492 e. The molecule has 1 aromatic carbocycles. The first-order chi connectivity index (χ1) is 13.2. The van der Waals surface area contributed by atoms with Crippen LogP contribution in [-0.2, 0) is 0 Å². The van der Waals surface area contributed by atoms with E-state index in [1.807, 2.05) is 6.92 Å². The first-order valence-electron chi connectivity index (χ1n) is 9.07.